The minimum absolute atomic E-state index is 0.0502. The van der Waals surface area contributed by atoms with Gasteiger partial charge in [0.25, 0.3) is 0 Å². The van der Waals surface area contributed by atoms with E-state index in [-0.39, 0.29) is 31.1 Å². The number of carbonyl (C=O) groups excluding carboxylic acids is 3. The number of hydrogen-bond acceptors (Lipinski definition) is 9. The second-order valence-corrected chi connectivity index (χ2v) is 7.66. The monoisotopic (exact) mass is 521 g/mol. The molecule has 0 radical (unpaired) electrons. The Balaban J connectivity index is 5.60. The van der Waals surface area contributed by atoms with Gasteiger partial charge in [0, 0.05) is 18.7 Å². The van der Waals surface area contributed by atoms with Crippen molar-refractivity contribution in [3.05, 3.63) is 0 Å². The second kappa shape index (κ2) is 16.1. The lowest BCUT2D eigenvalue weighted by atomic mass is 10.1. The number of carbonyl (C=O) groups is 6. The fourth-order valence-corrected chi connectivity index (χ4v) is 2.85. The maximum Gasteiger partial charge on any atom is 0.327 e. The van der Waals surface area contributed by atoms with Gasteiger partial charge in [-0.15, -0.1) is 0 Å². The van der Waals surface area contributed by atoms with Crippen LogP contribution in [0.2, 0.25) is 0 Å². The van der Waals surface area contributed by atoms with Crippen LogP contribution >= 0.6 is 12.6 Å². The van der Waals surface area contributed by atoms with Crippen molar-refractivity contribution in [2.75, 3.05) is 12.3 Å². The number of aliphatic carboxylic acids is 3. The third kappa shape index (κ3) is 13.6. The molecule has 0 aliphatic rings. The van der Waals surface area contributed by atoms with E-state index in [1.165, 1.54) is 0 Å². The van der Waals surface area contributed by atoms with Crippen molar-refractivity contribution in [2.24, 2.45) is 22.2 Å². The molecule has 4 unspecified atom stereocenters. The first kappa shape index (κ1) is 31.4. The average molecular weight is 522 g/mol. The first-order chi connectivity index (χ1) is 16.3. The zero-order chi connectivity index (χ0) is 27.1. The van der Waals surface area contributed by atoms with Gasteiger partial charge in [0.2, 0.25) is 17.7 Å². The zero-order valence-electron chi connectivity index (χ0n) is 18.7. The van der Waals surface area contributed by atoms with Crippen molar-refractivity contribution in [1.29, 1.82) is 0 Å². The smallest absolute Gasteiger partial charge is 0.327 e. The van der Waals surface area contributed by atoms with E-state index in [1.54, 1.807) is 0 Å². The fourth-order valence-electron chi connectivity index (χ4n) is 2.60. The predicted molar refractivity (Wildman–Crippen MR) is 124 cm³/mol. The highest BCUT2D eigenvalue weighted by molar-refractivity contribution is 7.80. The van der Waals surface area contributed by atoms with Crippen molar-refractivity contribution in [3.63, 3.8) is 0 Å². The minimum Gasteiger partial charge on any atom is -0.481 e. The number of amides is 3. The quantitative estimate of drug-likeness (QED) is 0.0381. The van der Waals surface area contributed by atoms with Crippen LogP contribution in [0.3, 0.4) is 0 Å². The number of carboxylic acid groups (broad SMARTS) is 3. The highest BCUT2D eigenvalue weighted by atomic mass is 32.1. The Bertz CT molecular complexity index is 820. The number of nitrogens with one attached hydrogen (secondary N) is 3. The molecule has 0 aliphatic heterocycles. The number of aliphatic imine (C=N–C) groups is 1. The van der Waals surface area contributed by atoms with Crippen LogP contribution < -0.4 is 33.2 Å². The molecule has 0 saturated heterocycles. The number of carboxylic acids is 3. The molecule has 0 saturated carbocycles. The molecule has 0 aromatic heterocycles. The van der Waals surface area contributed by atoms with Crippen LogP contribution in [0.15, 0.2) is 4.99 Å². The molecule has 0 aliphatic carbocycles. The third-order valence-electron chi connectivity index (χ3n) is 4.39. The summed E-state index contributed by atoms with van der Waals surface area (Å²) in [4.78, 5) is 74.3. The van der Waals surface area contributed by atoms with E-state index in [4.69, 9.17) is 32.5 Å². The van der Waals surface area contributed by atoms with Gasteiger partial charge >= 0.3 is 17.9 Å². The Kier molecular flexibility index (Phi) is 14.4. The molecule has 0 fully saturated rings. The average Bonchev–Trinajstić information content (AvgIpc) is 2.75. The van der Waals surface area contributed by atoms with E-state index in [2.05, 4.69) is 33.6 Å². The van der Waals surface area contributed by atoms with Crippen LogP contribution in [0.4, 0.5) is 0 Å². The highest BCUT2D eigenvalue weighted by Gasteiger charge is 2.30. The number of hydrogen-bond donors (Lipinski definition) is 10. The van der Waals surface area contributed by atoms with E-state index in [9.17, 15) is 28.8 Å². The van der Waals surface area contributed by atoms with E-state index >= 15 is 0 Å². The summed E-state index contributed by atoms with van der Waals surface area (Å²) in [7, 11) is 0. The topological polar surface area (TPSA) is 290 Å². The molecule has 0 aromatic rings. The van der Waals surface area contributed by atoms with Gasteiger partial charge < -0.3 is 48.5 Å². The first-order valence-corrected chi connectivity index (χ1v) is 10.9. The zero-order valence-corrected chi connectivity index (χ0v) is 19.6. The summed E-state index contributed by atoms with van der Waals surface area (Å²) in [6.07, 6.45) is -1.55. The summed E-state index contributed by atoms with van der Waals surface area (Å²) in [6, 6.07) is -5.67. The fraction of sp³-hybridized carbons (Fsp3) is 0.611. The predicted octanol–water partition coefficient (Wildman–Crippen LogP) is -3.82. The van der Waals surface area contributed by atoms with Gasteiger partial charge in [-0.1, -0.05) is 0 Å². The molecule has 0 heterocycles. The summed E-state index contributed by atoms with van der Waals surface area (Å²) in [5.41, 5.74) is 15.9. The maximum atomic E-state index is 12.8. The maximum absolute atomic E-state index is 12.8. The van der Waals surface area contributed by atoms with Crippen molar-refractivity contribution in [1.82, 2.24) is 16.0 Å². The number of rotatable bonds is 17. The standard InChI is InChI=1S/C18H31N7O9S/c19-8(6-13(28)29)14(30)23-10(3-4-12(26)27)16(32)24-9(2-1-5-22-18(20)21)15(31)25-11(7-35)17(33)34/h8-11,35H,1-7,19H2,(H,23,30)(H,24,32)(H,25,31)(H,26,27)(H,28,29)(H,33,34)(H4,20,21,22). The van der Waals surface area contributed by atoms with Crippen molar-refractivity contribution in [3.8, 4) is 0 Å². The van der Waals surface area contributed by atoms with Crippen LogP contribution in [0.25, 0.3) is 0 Å². The molecule has 16 nitrogen and oxygen atoms in total. The lowest BCUT2D eigenvalue weighted by Crippen LogP contribution is -2.57. The summed E-state index contributed by atoms with van der Waals surface area (Å²) in [5, 5.41) is 33.6. The molecule has 4 atom stereocenters. The number of nitrogens with two attached hydrogens (primary N) is 3. The Morgan fingerprint density at radius 3 is 1.77 bits per heavy atom. The summed E-state index contributed by atoms with van der Waals surface area (Å²) >= 11 is 3.85. The van der Waals surface area contributed by atoms with Crippen LogP contribution in [0.1, 0.15) is 32.1 Å². The molecule has 0 spiro atoms. The van der Waals surface area contributed by atoms with Gasteiger partial charge in [-0.3, -0.25) is 29.0 Å². The number of guanidine groups is 1. The Morgan fingerprint density at radius 1 is 0.800 bits per heavy atom. The summed E-state index contributed by atoms with van der Waals surface area (Å²) in [6.45, 7) is 0.0835. The molecule has 17 heteroatoms. The highest BCUT2D eigenvalue weighted by Crippen LogP contribution is 2.05. The number of thiol groups is 1. The van der Waals surface area contributed by atoms with Crippen molar-refractivity contribution < 1.29 is 44.1 Å². The van der Waals surface area contributed by atoms with E-state index in [0.717, 1.165) is 0 Å². The van der Waals surface area contributed by atoms with E-state index in [0.29, 0.717) is 0 Å². The lowest BCUT2D eigenvalue weighted by molar-refractivity contribution is -0.141. The van der Waals surface area contributed by atoms with Crippen LogP contribution in [0, 0.1) is 0 Å². The minimum atomic E-state index is -1.52. The number of nitrogens with zero attached hydrogens (tertiary/aromatic N) is 1. The van der Waals surface area contributed by atoms with E-state index < -0.39 is 79.1 Å². The summed E-state index contributed by atoms with van der Waals surface area (Å²) < 4.78 is 0. The molecular formula is C18H31N7O9S. The van der Waals surface area contributed by atoms with Crippen LogP contribution in [0.5, 0.6) is 0 Å². The van der Waals surface area contributed by atoms with Gasteiger partial charge in [-0.2, -0.15) is 12.6 Å². The summed E-state index contributed by atoms with van der Waals surface area (Å²) in [5.74, 6) is -7.33. The Labute approximate surface area is 205 Å². The third-order valence-corrected chi connectivity index (χ3v) is 4.75. The first-order valence-electron chi connectivity index (χ1n) is 10.3. The van der Waals surface area contributed by atoms with E-state index in [1.807, 2.05) is 0 Å². The molecule has 0 aromatic carbocycles. The van der Waals surface area contributed by atoms with Gasteiger partial charge in [-0.05, 0) is 19.3 Å². The van der Waals surface area contributed by atoms with Crippen LogP contribution in [-0.4, -0.2) is 93.4 Å². The molecule has 0 bridgehead atoms. The normalized spacial score (nSPS) is 13.9. The molecule has 3 amide bonds. The van der Waals surface area contributed by atoms with Gasteiger partial charge in [-0.25, -0.2) is 4.79 Å². The largest absolute Gasteiger partial charge is 0.481 e. The lowest BCUT2D eigenvalue weighted by Gasteiger charge is -2.24. The molecule has 198 valence electrons. The van der Waals surface area contributed by atoms with Gasteiger partial charge in [0.05, 0.1) is 12.5 Å². The van der Waals surface area contributed by atoms with Crippen LogP contribution in [-0.2, 0) is 28.8 Å². The Morgan fingerprint density at radius 2 is 1.31 bits per heavy atom. The molecule has 12 N–H and O–H groups in total. The molecular weight excluding hydrogens is 490 g/mol. The molecule has 35 heavy (non-hydrogen) atoms. The van der Waals surface area contributed by atoms with Crippen molar-refractivity contribution >= 4 is 54.2 Å². The Hall–Kier alpha value is -3.60. The van der Waals surface area contributed by atoms with Gasteiger partial charge in [0.15, 0.2) is 5.96 Å². The molecule has 0 rings (SSSR count). The SMILES string of the molecule is NC(N)=NCCCC(NC(=O)C(CCC(=O)O)NC(=O)C(N)CC(=O)O)C(=O)NC(CS)C(=O)O. The van der Waals surface area contributed by atoms with Gasteiger partial charge in [0.1, 0.15) is 18.1 Å². The second-order valence-electron chi connectivity index (χ2n) is 7.29. The van der Waals surface area contributed by atoms with Crippen molar-refractivity contribution in [2.45, 2.75) is 56.3 Å².